The zero-order valence-corrected chi connectivity index (χ0v) is 6.31. The van der Waals surface area contributed by atoms with Crippen molar-refractivity contribution in [2.45, 2.75) is 25.0 Å². The normalized spacial score (nSPS) is 52.9. The van der Waals surface area contributed by atoms with Gasteiger partial charge in [-0.1, -0.05) is 0 Å². The number of hydrogen-bond acceptors (Lipinski definition) is 2. The van der Waals surface area contributed by atoms with E-state index in [4.69, 9.17) is 4.74 Å². The van der Waals surface area contributed by atoms with Crippen molar-refractivity contribution in [3.8, 4) is 0 Å². The second-order valence-corrected chi connectivity index (χ2v) is 3.80. The average molecular weight is 154 g/mol. The predicted octanol–water partition coefficient (Wildman–Crippen LogP) is 0.266. The molecule has 4 atom stereocenters. The lowest BCUT2D eigenvalue weighted by Crippen LogP contribution is -2.26. The molecule has 0 spiro atoms. The number of fused-ring (bicyclic) bond motifs is 5. The number of nitrogens with zero attached hydrogens (tertiary/aromatic N) is 1. The summed E-state index contributed by atoms with van der Waals surface area (Å²) in [6.07, 6.45) is 5.18. The van der Waals surface area contributed by atoms with Gasteiger partial charge in [0.15, 0.2) is 12.8 Å². The summed E-state index contributed by atoms with van der Waals surface area (Å²) in [5.74, 6) is 1.09. The van der Waals surface area contributed by atoms with Crippen LogP contribution in [0.15, 0.2) is 0 Å². The van der Waals surface area contributed by atoms with Gasteiger partial charge in [-0.2, -0.15) is 0 Å². The van der Waals surface area contributed by atoms with Gasteiger partial charge in [0.2, 0.25) is 0 Å². The van der Waals surface area contributed by atoms with Gasteiger partial charge >= 0.3 is 0 Å². The molecular formula is C8H12NO2+. The molecule has 1 N–H and O–H groups in total. The zero-order valence-electron chi connectivity index (χ0n) is 6.31. The Hall–Kier alpha value is -0.570. The molecule has 0 radical (unpaired) electrons. The molecule has 0 aliphatic carbocycles. The Bertz CT molecular complexity index is 226. The first-order chi connectivity index (χ1) is 5.34. The van der Waals surface area contributed by atoms with E-state index in [1.54, 1.807) is 0 Å². The van der Waals surface area contributed by atoms with Crippen LogP contribution in [0.2, 0.25) is 0 Å². The van der Waals surface area contributed by atoms with E-state index in [2.05, 4.69) is 0 Å². The quantitative estimate of drug-likeness (QED) is 0.401. The SMILES string of the molecule is O[N+]1=CC2C3CCC(O3)C2C1. The minimum Gasteiger partial charge on any atom is -0.374 e. The standard InChI is InChI=1S/C8H12NO2/c10-9-3-5-6(4-9)8-2-1-7(5)11-8/h3,5-8,10H,1-2,4H2/q+1. The minimum absolute atomic E-state index is 0.419. The van der Waals surface area contributed by atoms with Crippen molar-refractivity contribution in [1.29, 1.82) is 0 Å². The third-order valence-electron chi connectivity index (χ3n) is 3.23. The summed E-state index contributed by atoms with van der Waals surface area (Å²) in [5.41, 5.74) is 0. The van der Waals surface area contributed by atoms with Crippen LogP contribution in [-0.2, 0) is 4.74 Å². The van der Waals surface area contributed by atoms with Gasteiger partial charge < -0.3 is 4.74 Å². The molecule has 0 aromatic heterocycles. The van der Waals surface area contributed by atoms with Gasteiger partial charge in [0.1, 0.15) is 0 Å². The van der Waals surface area contributed by atoms with Crippen molar-refractivity contribution in [3.05, 3.63) is 0 Å². The summed E-state index contributed by atoms with van der Waals surface area (Å²) in [4.78, 5) is 0. The fraction of sp³-hybridized carbons (Fsp3) is 0.875. The second kappa shape index (κ2) is 1.78. The average Bonchev–Trinajstić information content (AvgIpc) is 2.53. The highest BCUT2D eigenvalue weighted by atomic mass is 16.5. The van der Waals surface area contributed by atoms with Crippen LogP contribution >= 0.6 is 0 Å². The van der Waals surface area contributed by atoms with Crippen molar-refractivity contribution in [2.75, 3.05) is 6.54 Å². The van der Waals surface area contributed by atoms with Crippen molar-refractivity contribution < 1.29 is 14.7 Å². The Labute approximate surface area is 65.2 Å². The van der Waals surface area contributed by atoms with Crippen LogP contribution in [0.5, 0.6) is 0 Å². The lowest BCUT2D eigenvalue weighted by molar-refractivity contribution is -0.769. The molecule has 3 aliphatic rings. The third kappa shape index (κ3) is 0.644. The fourth-order valence-corrected chi connectivity index (χ4v) is 2.73. The van der Waals surface area contributed by atoms with Crippen LogP contribution in [0.4, 0.5) is 0 Å². The van der Waals surface area contributed by atoms with Crippen LogP contribution < -0.4 is 0 Å². The van der Waals surface area contributed by atoms with E-state index in [-0.39, 0.29) is 0 Å². The molecule has 0 amide bonds. The summed E-state index contributed by atoms with van der Waals surface area (Å²) in [7, 11) is 0. The Morgan fingerprint density at radius 1 is 1.36 bits per heavy atom. The van der Waals surface area contributed by atoms with Crippen LogP contribution in [0.3, 0.4) is 0 Å². The first kappa shape index (κ1) is 6.00. The van der Waals surface area contributed by atoms with Crippen LogP contribution in [0.25, 0.3) is 0 Å². The lowest BCUT2D eigenvalue weighted by atomic mass is 9.82. The first-order valence-corrected chi connectivity index (χ1v) is 4.30. The monoisotopic (exact) mass is 154 g/mol. The van der Waals surface area contributed by atoms with Gasteiger partial charge in [-0.05, 0) is 17.6 Å². The number of hydroxylamine groups is 1. The molecular weight excluding hydrogens is 142 g/mol. The molecule has 3 heterocycles. The maximum atomic E-state index is 9.22. The maximum Gasteiger partial charge on any atom is 0.198 e. The smallest absolute Gasteiger partial charge is 0.198 e. The lowest BCUT2D eigenvalue weighted by Gasteiger charge is -2.13. The largest absolute Gasteiger partial charge is 0.374 e. The van der Waals surface area contributed by atoms with E-state index >= 15 is 0 Å². The minimum atomic E-state index is 0.419. The Morgan fingerprint density at radius 3 is 3.00 bits per heavy atom. The fourth-order valence-electron chi connectivity index (χ4n) is 2.73. The molecule has 0 aromatic rings. The predicted molar refractivity (Wildman–Crippen MR) is 37.9 cm³/mol. The third-order valence-corrected chi connectivity index (χ3v) is 3.23. The summed E-state index contributed by atoms with van der Waals surface area (Å²) in [5, 5.41) is 9.22. The molecule has 3 aliphatic heterocycles. The second-order valence-electron chi connectivity index (χ2n) is 3.80. The van der Waals surface area contributed by atoms with Crippen molar-refractivity contribution in [3.63, 3.8) is 0 Å². The van der Waals surface area contributed by atoms with E-state index in [1.165, 1.54) is 17.6 Å². The molecule has 4 unspecified atom stereocenters. The van der Waals surface area contributed by atoms with E-state index in [0.29, 0.717) is 24.0 Å². The number of ether oxygens (including phenoxy) is 1. The molecule has 11 heavy (non-hydrogen) atoms. The first-order valence-electron chi connectivity index (χ1n) is 4.30. The zero-order chi connectivity index (χ0) is 7.42. The number of hydrogen-bond donors (Lipinski definition) is 1. The van der Waals surface area contributed by atoms with Crippen LogP contribution in [0.1, 0.15) is 12.8 Å². The molecule has 3 nitrogen and oxygen atoms in total. The van der Waals surface area contributed by atoms with Crippen molar-refractivity contribution >= 4 is 6.21 Å². The van der Waals surface area contributed by atoms with E-state index in [9.17, 15) is 5.21 Å². The van der Waals surface area contributed by atoms with Gasteiger partial charge in [-0.25, -0.2) is 0 Å². The highest BCUT2D eigenvalue weighted by molar-refractivity contribution is 5.59. The summed E-state index contributed by atoms with van der Waals surface area (Å²) in [6, 6.07) is 0. The Morgan fingerprint density at radius 2 is 2.18 bits per heavy atom. The van der Waals surface area contributed by atoms with E-state index in [1.807, 2.05) is 6.21 Å². The number of rotatable bonds is 0. The van der Waals surface area contributed by atoms with Gasteiger partial charge in [-0.15, -0.1) is 0 Å². The van der Waals surface area contributed by atoms with E-state index < -0.39 is 0 Å². The van der Waals surface area contributed by atoms with Crippen LogP contribution in [-0.4, -0.2) is 34.9 Å². The summed E-state index contributed by atoms with van der Waals surface area (Å²) >= 11 is 0. The van der Waals surface area contributed by atoms with Crippen molar-refractivity contribution in [1.82, 2.24) is 0 Å². The van der Waals surface area contributed by atoms with Gasteiger partial charge in [0.05, 0.1) is 24.0 Å². The van der Waals surface area contributed by atoms with Crippen LogP contribution in [0, 0.1) is 11.8 Å². The molecule has 3 rings (SSSR count). The summed E-state index contributed by atoms with van der Waals surface area (Å²) in [6.45, 7) is 0.784. The van der Waals surface area contributed by atoms with Crippen molar-refractivity contribution in [2.24, 2.45) is 11.8 Å². The highest BCUT2D eigenvalue weighted by Crippen LogP contribution is 2.44. The van der Waals surface area contributed by atoms with Gasteiger partial charge in [-0.3, -0.25) is 5.21 Å². The van der Waals surface area contributed by atoms with E-state index in [0.717, 1.165) is 6.54 Å². The molecule has 2 fully saturated rings. The molecule has 0 aromatic carbocycles. The Balaban J connectivity index is 1.94. The van der Waals surface area contributed by atoms with Gasteiger partial charge in [0.25, 0.3) is 0 Å². The Kier molecular flexibility index (Phi) is 0.969. The molecule has 2 saturated heterocycles. The molecule has 2 bridgehead atoms. The summed E-state index contributed by atoms with van der Waals surface area (Å²) < 4.78 is 7.06. The van der Waals surface area contributed by atoms with Gasteiger partial charge in [0, 0.05) is 0 Å². The molecule has 60 valence electrons. The topological polar surface area (TPSA) is 32.5 Å². The highest BCUT2D eigenvalue weighted by Gasteiger charge is 2.55. The molecule has 0 saturated carbocycles. The molecule has 3 heteroatoms. The maximum absolute atomic E-state index is 9.22.